The monoisotopic (exact) mass is 393 g/mol. The van der Waals surface area contributed by atoms with E-state index in [0.29, 0.717) is 10.8 Å². The van der Waals surface area contributed by atoms with E-state index in [1.807, 2.05) is 31.2 Å². The van der Waals surface area contributed by atoms with Crippen molar-refractivity contribution in [2.45, 2.75) is 23.6 Å². The molecule has 1 aliphatic heterocycles. The van der Waals surface area contributed by atoms with Crippen LogP contribution in [-0.4, -0.2) is 64.0 Å². The fourth-order valence-corrected chi connectivity index (χ4v) is 5.64. The topological polar surface area (TPSA) is 52.7 Å². The first-order chi connectivity index (χ1) is 12.4. The number of piperazine rings is 1. The Balaban J connectivity index is 1.70. The Morgan fingerprint density at radius 1 is 1.08 bits per heavy atom. The summed E-state index contributed by atoms with van der Waals surface area (Å²) in [6, 6.07) is 14.0. The molecule has 2 heterocycles. The van der Waals surface area contributed by atoms with Crippen LogP contribution in [0.25, 0.3) is 0 Å². The van der Waals surface area contributed by atoms with Gasteiger partial charge in [0.2, 0.25) is 10.0 Å². The van der Waals surface area contributed by atoms with E-state index in [2.05, 4.69) is 33.7 Å². The van der Waals surface area contributed by atoms with Gasteiger partial charge in [0.05, 0.1) is 0 Å². The molecule has 1 fully saturated rings. The molecule has 26 heavy (non-hydrogen) atoms. The molecule has 1 N–H and O–H groups in total. The Morgan fingerprint density at radius 3 is 2.38 bits per heavy atom. The second-order valence-electron chi connectivity index (χ2n) is 6.90. The van der Waals surface area contributed by atoms with Crippen LogP contribution in [0.1, 0.15) is 10.4 Å². The van der Waals surface area contributed by atoms with Crippen molar-refractivity contribution in [1.82, 2.24) is 14.5 Å². The molecule has 5 nitrogen and oxygen atoms in total. The Morgan fingerprint density at radius 2 is 1.77 bits per heavy atom. The van der Waals surface area contributed by atoms with Gasteiger partial charge in [0.1, 0.15) is 4.21 Å². The van der Waals surface area contributed by atoms with E-state index in [1.54, 1.807) is 6.07 Å². The van der Waals surface area contributed by atoms with Gasteiger partial charge in [-0.15, -0.1) is 11.3 Å². The molecule has 0 radical (unpaired) electrons. The quantitative estimate of drug-likeness (QED) is 0.784. The molecule has 7 heteroatoms. The third-order valence-corrected chi connectivity index (χ3v) is 7.77. The zero-order valence-electron chi connectivity index (χ0n) is 15.4. The van der Waals surface area contributed by atoms with E-state index < -0.39 is 10.0 Å². The first-order valence-corrected chi connectivity index (χ1v) is 11.3. The lowest BCUT2D eigenvalue weighted by molar-refractivity contribution is 0.112. The molecule has 1 aromatic carbocycles. The van der Waals surface area contributed by atoms with Gasteiger partial charge in [-0.1, -0.05) is 30.3 Å². The van der Waals surface area contributed by atoms with Crippen molar-refractivity contribution >= 4 is 21.4 Å². The van der Waals surface area contributed by atoms with Gasteiger partial charge in [0.15, 0.2) is 0 Å². The number of nitrogens with zero attached hydrogens (tertiary/aromatic N) is 2. The van der Waals surface area contributed by atoms with E-state index >= 15 is 0 Å². The molecule has 1 aliphatic rings. The summed E-state index contributed by atoms with van der Waals surface area (Å²) in [6.07, 6.45) is 0.844. The van der Waals surface area contributed by atoms with Crippen LogP contribution in [0.3, 0.4) is 0 Å². The predicted molar refractivity (Wildman–Crippen MR) is 107 cm³/mol. The summed E-state index contributed by atoms with van der Waals surface area (Å²) in [7, 11) is -1.31. The van der Waals surface area contributed by atoms with E-state index in [9.17, 15) is 8.42 Å². The lowest BCUT2D eigenvalue weighted by atomic mass is 10.0. The Hall–Kier alpha value is -1.25. The van der Waals surface area contributed by atoms with Gasteiger partial charge < -0.3 is 4.90 Å². The van der Waals surface area contributed by atoms with Crippen molar-refractivity contribution in [3.63, 3.8) is 0 Å². The first-order valence-electron chi connectivity index (χ1n) is 8.97. The molecule has 0 bridgehead atoms. The molecule has 142 valence electrons. The molecule has 1 atom stereocenters. The fourth-order valence-electron chi connectivity index (χ4n) is 3.24. The number of likely N-dealkylation sites (N-methyl/N-ethyl adjacent to an activating group) is 1. The molecule has 0 saturated carbocycles. The molecule has 1 unspecified atom stereocenters. The number of hydrogen-bond acceptors (Lipinski definition) is 5. The first kappa shape index (κ1) is 19.5. The number of thiophene rings is 1. The van der Waals surface area contributed by atoms with Crippen LogP contribution in [-0.2, 0) is 16.4 Å². The number of aryl methyl sites for hydroxylation is 1. The minimum absolute atomic E-state index is 0.155. The van der Waals surface area contributed by atoms with Gasteiger partial charge in [-0.3, -0.25) is 4.90 Å². The summed E-state index contributed by atoms with van der Waals surface area (Å²) in [5, 5.41) is 0. The van der Waals surface area contributed by atoms with E-state index in [1.165, 1.54) is 16.9 Å². The Bertz CT molecular complexity index is 797. The van der Waals surface area contributed by atoms with Crippen LogP contribution >= 0.6 is 11.3 Å². The highest BCUT2D eigenvalue weighted by atomic mass is 32.2. The molecular formula is C19H27N3O2S2. The maximum Gasteiger partial charge on any atom is 0.250 e. The maximum absolute atomic E-state index is 12.6. The summed E-state index contributed by atoms with van der Waals surface area (Å²) in [4.78, 5) is 5.73. The highest BCUT2D eigenvalue weighted by Gasteiger charge is 2.25. The number of hydrogen-bond donors (Lipinski definition) is 1. The van der Waals surface area contributed by atoms with Crippen molar-refractivity contribution in [3.05, 3.63) is 52.9 Å². The van der Waals surface area contributed by atoms with Gasteiger partial charge in [-0.05, 0) is 38.1 Å². The lowest BCUT2D eigenvalue weighted by Gasteiger charge is -2.38. The van der Waals surface area contributed by atoms with Crippen LogP contribution in [0.4, 0.5) is 0 Å². The molecule has 3 rings (SSSR count). The summed E-state index contributed by atoms with van der Waals surface area (Å²) < 4.78 is 28.5. The smallest absolute Gasteiger partial charge is 0.250 e. The van der Waals surface area contributed by atoms with Crippen LogP contribution in [0.2, 0.25) is 0 Å². The molecule has 1 saturated heterocycles. The zero-order chi connectivity index (χ0) is 18.6. The molecular weight excluding hydrogens is 366 g/mol. The van der Waals surface area contributed by atoms with Crippen LogP contribution < -0.4 is 4.72 Å². The lowest BCUT2D eigenvalue weighted by Crippen LogP contribution is -2.53. The predicted octanol–water partition coefficient (Wildman–Crippen LogP) is 2.19. The summed E-state index contributed by atoms with van der Waals surface area (Å²) in [6.45, 7) is 6.32. The fraction of sp³-hybridized carbons (Fsp3) is 0.474. The number of rotatable bonds is 7. The third kappa shape index (κ3) is 5.14. The van der Waals surface area contributed by atoms with Crippen molar-refractivity contribution < 1.29 is 8.42 Å². The van der Waals surface area contributed by atoms with Crippen molar-refractivity contribution in [3.8, 4) is 0 Å². The standard InChI is InChI=1S/C19H27N3O2S2/c1-16-8-9-19(25-16)26(23,24)20-15-18(14-17-6-4-3-5-7-17)22-12-10-21(2)11-13-22/h3-9,18,20H,10-15H2,1-2H3. The van der Waals surface area contributed by atoms with Gasteiger partial charge in [0.25, 0.3) is 0 Å². The van der Waals surface area contributed by atoms with Gasteiger partial charge >= 0.3 is 0 Å². The Labute approximate surface area is 160 Å². The molecule has 2 aromatic rings. The van der Waals surface area contributed by atoms with Gasteiger partial charge in [-0.25, -0.2) is 13.1 Å². The van der Waals surface area contributed by atoms with E-state index in [-0.39, 0.29) is 6.04 Å². The van der Waals surface area contributed by atoms with Crippen LogP contribution in [0, 0.1) is 6.92 Å². The number of sulfonamides is 1. The minimum atomic E-state index is -3.44. The maximum atomic E-state index is 12.6. The normalized spacial score (nSPS) is 18.1. The Kier molecular flexibility index (Phi) is 6.47. The van der Waals surface area contributed by atoms with Gasteiger partial charge in [0, 0.05) is 43.6 Å². The van der Waals surface area contributed by atoms with Crippen molar-refractivity contribution in [2.24, 2.45) is 0 Å². The minimum Gasteiger partial charge on any atom is -0.304 e. The highest BCUT2D eigenvalue weighted by molar-refractivity contribution is 7.91. The average molecular weight is 394 g/mol. The SMILES string of the molecule is Cc1ccc(S(=O)(=O)NCC(Cc2ccccc2)N2CCN(C)CC2)s1. The average Bonchev–Trinajstić information content (AvgIpc) is 3.08. The number of nitrogens with one attached hydrogen (secondary N) is 1. The largest absolute Gasteiger partial charge is 0.304 e. The van der Waals surface area contributed by atoms with Crippen LogP contribution in [0.5, 0.6) is 0 Å². The molecule has 0 amide bonds. The summed E-state index contributed by atoms with van der Waals surface area (Å²) >= 11 is 1.32. The molecule has 1 aromatic heterocycles. The summed E-state index contributed by atoms with van der Waals surface area (Å²) in [5.74, 6) is 0. The van der Waals surface area contributed by atoms with E-state index in [0.717, 1.165) is 37.5 Å². The second kappa shape index (κ2) is 8.63. The molecule has 0 aliphatic carbocycles. The third-order valence-electron chi connectivity index (χ3n) is 4.86. The highest BCUT2D eigenvalue weighted by Crippen LogP contribution is 2.20. The van der Waals surface area contributed by atoms with Gasteiger partial charge in [-0.2, -0.15) is 0 Å². The van der Waals surface area contributed by atoms with Crippen LogP contribution in [0.15, 0.2) is 46.7 Å². The molecule has 0 spiro atoms. The van der Waals surface area contributed by atoms with E-state index in [4.69, 9.17) is 0 Å². The second-order valence-corrected chi connectivity index (χ2v) is 10.2. The zero-order valence-corrected chi connectivity index (χ0v) is 17.0. The van der Waals surface area contributed by atoms with Crippen molar-refractivity contribution in [1.29, 1.82) is 0 Å². The van der Waals surface area contributed by atoms with Crippen molar-refractivity contribution in [2.75, 3.05) is 39.8 Å². The summed E-state index contributed by atoms with van der Waals surface area (Å²) in [5.41, 5.74) is 1.24. The number of benzene rings is 1.